The third kappa shape index (κ3) is 4.19. The molecule has 0 amide bonds. The summed E-state index contributed by atoms with van der Waals surface area (Å²) >= 11 is 4.99. The molecule has 0 saturated carbocycles. The van der Waals surface area contributed by atoms with E-state index in [1.54, 1.807) is 12.3 Å². The maximum atomic E-state index is 5.66. The first-order valence-corrected chi connectivity index (χ1v) is 6.42. The Hall–Kier alpha value is -1.27. The van der Waals surface area contributed by atoms with Crippen LogP contribution in [0.15, 0.2) is 12.3 Å². The second-order valence-electron chi connectivity index (χ2n) is 4.31. The molecule has 0 radical (unpaired) electrons. The van der Waals surface area contributed by atoms with Gasteiger partial charge in [0.25, 0.3) is 0 Å². The number of nitrogens with two attached hydrogens (primary N) is 1. The first-order chi connectivity index (χ1) is 8.56. The van der Waals surface area contributed by atoms with Crippen LogP contribution in [0.2, 0.25) is 0 Å². The monoisotopic (exact) mass is 268 g/mol. The van der Waals surface area contributed by atoms with Gasteiger partial charge in [-0.2, -0.15) is 5.10 Å². The summed E-state index contributed by atoms with van der Waals surface area (Å²) in [6.45, 7) is 7.51. The smallest absolute Gasteiger partial charge is 0.159 e. The molecule has 1 aromatic heterocycles. The average molecular weight is 268 g/mol. The van der Waals surface area contributed by atoms with Gasteiger partial charge in [0.15, 0.2) is 5.82 Å². The van der Waals surface area contributed by atoms with E-state index in [9.17, 15) is 0 Å². The molecule has 0 spiro atoms. The van der Waals surface area contributed by atoms with E-state index in [1.165, 1.54) is 0 Å². The third-order valence-electron chi connectivity index (χ3n) is 2.61. The quantitative estimate of drug-likeness (QED) is 0.732. The number of ether oxygens (including phenoxy) is 1. The minimum absolute atomic E-state index is 0.148. The molecule has 0 fully saturated rings. The molecule has 6 heteroatoms. The molecule has 0 saturated heterocycles. The lowest BCUT2D eigenvalue weighted by Crippen LogP contribution is -2.32. The average Bonchev–Trinajstić information content (AvgIpc) is 2.34. The summed E-state index contributed by atoms with van der Waals surface area (Å²) in [7, 11) is 0. The van der Waals surface area contributed by atoms with Gasteiger partial charge < -0.3 is 15.8 Å². The maximum Gasteiger partial charge on any atom is 0.159 e. The zero-order chi connectivity index (χ0) is 13.5. The Morgan fingerprint density at radius 2 is 2.28 bits per heavy atom. The van der Waals surface area contributed by atoms with Gasteiger partial charge >= 0.3 is 0 Å². The SMILES string of the molecule is CCOCC(Nc1nnccc1C(N)=S)C(C)C. The molecule has 18 heavy (non-hydrogen) atoms. The minimum atomic E-state index is 0.148. The highest BCUT2D eigenvalue weighted by Gasteiger charge is 2.16. The van der Waals surface area contributed by atoms with E-state index in [0.29, 0.717) is 35.5 Å². The Kier molecular flexibility index (Phi) is 5.94. The number of hydrogen-bond donors (Lipinski definition) is 2. The second kappa shape index (κ2) is 7.23. The van der Waals surface area contributed by atoms with Crippen LogP contribution in [-0.4, -0.2) is 34.4 Å². The highest BCUT2D eigenvalue weighted by atomic mass is 32.1. The van der Waals surface area contributed by atoms with Crippen molar-refractivity contribution in [2.75, 3.05) is 18.5 Å². The molecule has 5 nitrogen and oxygen atoms in total. The number of nitrogens with one attached hydrogen (secondary N) is 1. The number of hydrogen-bond acceptors (Lipinski definition) is 5. The number of rotatable bonds is 7. The van der Waals surface area contributed by atoms with E-state index in [4.69, 9.17) is 22.7 Å². The predicted molar refractivity (Wildman–Crippen MR) is 76.7 cm³/mol. The molecule has 100 valence electrons. The van der Waals surface area contributed by atoms with E-state index >= 15 is 0 Å². The normalized spacial score (nSPS) is 12.4. The van der Waals surface area contributed by atoms with Crippen LogP contribution in [0.5, 0.6) is 0 Å². The van der Waals surface area contributed by atoms with Crippen LogP contribution in [-0.2, 0) is 4.74 Å². The van der Waals surface area contributed by atoms with Gasteiger partial charge in [0.2, 0.25) is 0 Å². The van der Waals surface area contributed by atoms with Crippen molar-refractivity contribution in [2.24, 2.45) is 11.7 Å². The zero-order valence-corrected chi connectivity index (χ0v) is 11.8. The molecular weight excluding hydrogens is 248 g/mol. The molecule has 1 heterocycles. The van der Waals surface area contributed by atoms with E-state index < -0.39 is 0 Å². The third-order valence-corrected chi connectivity index (χ3v) is 2.83. The van der Waals surface area contributed by atoms with Crippen LogP contribution in [0, 0.1) is 5.92 Å². The Balaban J connectivity index is 2.83. The molecule has 1 unspecified atom stereocenters. The fourth-order valence-corrected chi connectivity index (χ4v) is 1.62. The number of anilines is 1. The predicted octanol–water partition coefficient (Wildman–Crippen LogP) is 1.58. The molecule has 0 bridgehead atoms. The molecule has 0 aromatic carbocycles. The Bertz CT molecular complexity index is 397. The molecule has 0 aliphatic heterocycles. The summed E-state index contributed by atoms with van der Waals surface area (Å²) in [6.07, 6.45) is 1.58. The summed E-state index contributed by atoms with van der Waals surface area (Å²) in [5.41, 5.74) is 6.37. The van der Waals surface area contributed by atoms with Crippen LogP contribution in [0.1, 0.15) is 26.3 Å². The number of thiocarbonyl (C=S) groups is 1. The van der Waals surface area contributed by atoms with E-state index in [1.807, 2.05) is 6.92 Å². The Labute approximate surface area is 113 Å². The van der Waals surface area contributed by atoms with Gasteiger partial charge in [-0.3, -0.25) is 0 Å². The fourth-order valence-electron chi connectivity index (χ4n) is 1.46. The molecule has 0 aliphatic rings. The van der Waals surface area contributed by atoms with E-state index in [-0.39, 0.29) is 6.04 Å². The highest BCUT2D eigenvalue weighted by Crippen LogP contribution is 2.15. The number of nitrogens with zero attached hydrogens (tertiary/aromatic N) is 2. The lowest BCUT2D eigenvalue weighted by molar-refractivity contribution is 0.126. The lowest BCUT2D eigenvalue weighted by atomic mass is 10.1. The summed E-state index contributed by atoms with van der Waals surface area (Å²) in [4.78, 5) is 0.311. The van der Waals surface area contributed by atoms with Gasteiger partial charge in [0, 0.05) is 6.61 Å². The van der Waals surface area contributed by atoms with E-state index in [2.05, 4.69) is 29.4 Å². The largest absolute Gasteiger partial charge is 0.389 e. The van der Waals surface area contributed by atoms with Crippen molar-refractivity contribution in [2.45, 2.75) is 26.8 Å². The molecule has 1 aromatic rings. The Morgan fingerprint density at radius 3 is 2.83 bits per heavy atom. The molecular formula is C12H20N4OS. The van der Waals surface area contributed by atoms with Crippen molar-refractivity contribution < 1.29 is 4.74 Å². The van der Waals surface area contributed by atoms with Crippen LogP contribution in [0.4, 0.5) is 5.82 Å². The van der Waals surface area contributed by atoms with Gasteiger partial charge in [-0.15, -0.1) is 5.10 Å². The Morgan fingerprint density at radius 1 is 1.56 bits per heavy atom. The summed E-state index contributed by atoms with van der Waals surface area (Å²) in [5, 5.41) is 11.2. The van der Waals surface area contributed by atoms with Gasteiger partial charge in [-0.1, -0.05) is 26.1 Å². The summed E-state index contributed by atoms with van der Waals surface area (Å²) in [5.74, 6) is 1.01. The maximum absolute atomic E-state index is 5.66. The van der Waals surface area contributed by atoms with Crippen molar-refractivity contribution in [3.63, 3.8) is 0 Å². The fraction of sp³-hybridized carbons (Fsp3) is 0.583. The van der Waals surface area contributed by atoms with Crippen LogP contribution < -0.4 is 11.1 Å². The van der Waals surface area contributed by atoms with Gasteiger partial charge in [0.05, 0.1) is 24.4 Å². The molecule has 3 N–H and O–H groups in total. The van der Waals surface area contributed by atoms with Crippen molar-refractivity contribution in [1.82, 2.24) is 10.2 Å². The first kappa shape index (κ1) is 14.8. The first-order valence-electron chi connectivity index (χ1n) is 6.02. The van der Waals surface area contributed by atoms with Crippen molar-refractivity contribution >= 4 is 23.0 Å². The lowest BCUT2D eigenvalue weighted by Gasteiger charge is -2.23. The minimum Gasteiger partial charge on any atom is -0.389 e. The topological polar surface area (TPSA) is 73.1 Å². The molecule has 0 aliphatic carbocycles. The number of aromatic nitrogens is 2. The zero-order valence-electron chi connectivity index (χ0n) is 11.0. The van der Waals surface area contributed by atoms with Crippen LogP contribution >= 0.6 is 12.2 Å². The van der Waals surface area contributed by atoms with Gasteiger partial charge in [-0.25, -0.2) is 0 Å². The van der Waals surface area contributed by atoms with Gasteiger partial charge in [-0.05, 0) is 18.9 Å². The van der Waals surface area contributed by atoms with E-state index in [0.717, 1.165) is 0 Å². The van der Waals surface area contributed by atoms with Crippen LogP contribution in [0.3, 0.4) is 0 Å². The van der Waals surface area contributed by atoms with Gasteiger partial charge in [0.1, 0.15) is 4.99 Å². The molecule has 1 atom stereocenters. The van der Waals surface area contributed by atoms with Crippen LogP contribution in [0.25, 0.3) is 0 Å². The summed E-state index contributed by atoms with van der Waals surface area (Å²) in [6, 6.07) is 1.91. The van der Waals surface area contributed by atoms with Crippen molar-refractivity contribution in [3.05, 3.63) is 17.8 Å². The summed E-state index contributed by atoms with van der Waals surface area (Å²) < 4.78 is 5.45. The van der Waals surface area contributed by atoms with Crippen molar-refractivity contribution in [3.8, 4) is 0 Å². The highest BCUT2D eigenvalue weighted by molar-refractivity contribution is 7.80. The van der Waals surface area contributed by atoms with Crippen molar-refractivity contribution in [1.29, 1.82) is 0 Å². The second-order valence-corrected chi connectivity index (χ2v) is 4.75. The standard InChI is InChI=1S/C12H20N4OS/c1-4-17-7-10(8(2)3)15-12-9(11(13)18)5-6-14-16-12/h5-6,8,10H,4,7H2,1-3H3,(H2,13,18)(H,15,16). The molecule has 1 rings (SSSR count).